The molecule has 3 aromatic rings. The molecule has 2 aromatic carbocycles. The van der Waals surface area contributed by atoms with E-state index in [9.17, 15) is 23.5 Å². The lowest BCUT2D eigenvalue weighted by Gasteiger charge is -2.19. The Morgan fingerprint density at radius 3 is 2.55 bits per heavy atom. The number of carbonyl (C=O) groups excluding carboxylic acids is 1. The van der Waals surface area contributed by atoms with Gasteiger partial charge in [-0.25, -0.2) is 13.8 Å². The average molecular weight is 447 g/mol. The first-order valence-electron chi connectivity index (χ1n) is 9.07. The van der Waals surface area contributed by atoms with Gasteiger partial charge in [0, 0.05) is 16.7 Å². The van der Waals surface area contributed by atoms with Gasteiger partial charge < -0.3 is 15.2 Å². The Bertz CT molecular complexity index is 1140. The minimum absolute atomic E-state index is 0.000165. The number of rotatable bonds is 7. The van der Waals surface area contributed by atoms with Crippen molar-refractivity contribution < 1.29 is 28.2 Å². The highest BCUT2D eigenvalue weighted by molar-refractivity contribution is 6.31. The van der Waals surface area contributed by atoms with Crippen LogP contribution in [0, 0.1) is 11.6 Å². The SMILES string of the molecule is COc1ccc(C(=O)N[C@@H](CC(=O)O)c2ccccc2Cl)nc1-c1ccc(F)cc1F. The maximum Gasteiger partial charge on any atom is 0.305 e. The first-order chi connectivity index (χ1) is 14.8. The number of carboxylic acid groups (broad SMARTS) is 1. The Morgan fingerprint density at radius 1 is 1.16 bits per heavy atom. The standard InChI is InChI=1S/C22H17ClF2N2O4/c1-31-19-9-8-17(26-21(19)14-7-6-12(24)10-16(14)25)22(30)27-18(11-20(28)29)13-4-2-3-5-15(13)23/h2-10,18H,11H2,1H3,(H,27,30)(H,28,29)/t18-/m0/s1. The van der Waals surface area contributed by atoms with Crippen LogP contribution in [0.3, 0.4) is 0 Å². The lowest BCUT2D eigenvalue weighted by molar-refractivity contribution is -0.137. The number of carboxylic acids is 1. The van der Waals surface area contributed by atoms with Gasteiger partial charge in [0.2, 0.25) is 0 Å². The second-order valence-electron chi connectivity index (χ2n) is 6.52. The summed E-state index contributed by atoms with van der Waals surface area (Å²) in [4.78, 5) is 28.3. The van der Waals surface area contributed by atoms with Crippen molar-refractivity contribution in [1.29, 1.82) is 0 Å². The van der Waals surface area contributed by atoms with Crippen LogP contribution >= 0.6 is 11.6 Å². The van der Waals surface area contributed by atoms with E-state index < -0.39 is 36.0 Å². The molecule has 0 bridgehead atoms. The third kappa shape index (κ3) is 5.16. The van der Waals surface area contributed by atoms with E-state index in [-0.39, 0.29) is 22.7 Å². The molecule has 0 aliphatic heterocycles. The van der Waals surface area contributed by atoms with Gasteiger partial charge in [0.05, 0.1) is 19.6 Å². The quantitative estimate of drug-likeness (QED) is 0.552. The fourth-order valence-electron chi connectivity index (χ4n) is 3.02. The number of carbonyl (C=O) groups is 2. The number of aliphatic carboxylic acids is 1. The molecule has 0 fully saturated rings. The van der Waals surface area contributed by atoms with Crippen molar-refractivity contribution >= 4 is 23.5 Å². The van der Waals surface area contributed by atoms with Crippen LogP contribution in [-0.4, -0.2) is 29.1 Å². The Morgan fingerprint density at radius 2 is 1.90 bits per heavy atom. The summed E-state index contributed by atoms with van der Waals surface area (Å²) in [7, 11) is 1.35. The van der Waals surface area contributed by atoms with Crippen molar-refractivity contribution in [3.05, 3.63) is 82.5 Å². The molecule has 1 aromatic heterocycles. The highest BCUT2D eigenvalue weighted by Gasteiger charge is 2.23. The fourth-order valence-corrected chi connectivity index (χ4v) is 3.28. The Balaban J connectivity index is 1.97. The van der Waals surface area contributed by atoms with Gasteiger partial charge in [-0.2, -0.15) is 0 Å². The summed E-state index contributed by atoms with van der Waals surface area (Å²) in [5.41, 5.74) is 0.265. The molecular weight excluding hydrogens is 430 g/mol. The molecule has 0 saturated carbocycles. The van der Waals surface area contributed by atoms with Gasteiger partial charge >= 0.3 is 5.97 Å². The van der Waals surface area contributed by atoms with Crippen LogP contribution in [0.25, 0.3) is 11.3 Å². The van der Waals surface area contributed by atoms with Crippen LogP contribution < -0.4 is 10.1 Å². The summed E-state index contributed by atoms with van der Waals surface area (Å²) in [5, 5.41) is 12.1. The molecule has 0 unspecified atom stereocenters. The third-order valence-electron chi connectivity index (χ3n) is 4.46. The second-order valence-corrected chi connectivity index (χ2v) is 6.92. The minimum Gasteiger partial charge on any atom is -0.494 e. The number of hydrogen-bond donors (Lipinski definition) is 2. The van der Waals surface area contributed by atoms with Crippen LogP contribution in [0.1, 0.15) is 28.5 Å². The van der Waals surface area contributed by atoms with Crippen LogP contribution in [0.2, 0.25) is 5.02 Å². The zero-order chi connectivity index (χ0) is 22.5. The molecule has 0 radical (unpaired) electrons. The number of aromatic nitrogens is 1. The number of pyridine rings is 1. The molecule has 2 N–H and O–H groups in total. The van der Waals surface area contributed by atoms with Gasteiger partial charge in [0.1, 0.15) is 28.8 Å². The van der Waals surface area contributed by atoms with Gasteiger partial charge in [0.15, 0.2) is 0 Å². The van der Waals surface area contributed by atoms with Crippen LogP contribution in [0.15, 0.2) is 54.6 Å². The molecule has 1 amide bonds. The average Bonchev–Trinajstić information content (AvgIpc) is 2.73. The number of amides is 1. The smallest absolute Gasteiger partial charge is 0.305 e. The van der Waals surface area contributed by atoms with Crippen molar-refractivity contribution in [1.82, 2.24) is 10.3 Å². The number of ether oxygens (including phenoxy) is 1. The van der Waals surface area contributed by atoms with Crippen molar-refractivity contribution in [2.45, 2.75) is 12.5 Å². The maximum atomic E-state index is 14.3. The van der Waals surface area contributed by atoms with Gasteiger partial charge in [-0.1, -0.05) is 29.8 Å². The van der Waals surface area contributed by atoms with Gasteiger partial charge in [0.25, 0.3) is 5.91 Å². The number of nitrogens with one attached hydrogen (secondary N) is 1. The minimum atomic E-state index is -1.14. The highest BCUT2D eigenvalue weighted by atomic mass is 35.5. The monoisotopic (exact) mass is 446 g/mol. The largest absolute Gasteiger partial charge is 0.494 e. The predicted molar refractivity (Wildman–Crippen MR) is 110 cm³/mol. The fraction of sp³-hybridized carbons (Fsp3) is 0.136. The molecule has 1 atom stereocenters. The summed E-state index contributed by atoms with van der Waals surface area (Å²) < 4.78 is 32.8. The third-order valence-corrected chi connectivity index (χ3v) is 4.81. The summed E-state index contributed by atoms with van der Waals surface area (Å²) >= 11 is 6.16. The Labute approximate surface area is 181 Å². The van der Waals surface area contributed by atoms with E-state index >= 15 is 0 Å². The molecule has 0 saturated heterocycles. The molecule has 0 spiro atoms. The number of benzene rings is 2. The molecular formula is C22H17ClF2N2O4. The number of methoxy groups -OCH3 is 1. The van der Waals surface area contributed by atoms with E-state index in [0.717, 1.165) is 6.07 Å². The summed E-state index contributed by atoms with van der Waals surface area (Å²) in [6, 6.07) is 11.3. The molecule has 6 nitrogen and oxygen atoms in total. The first-order valence-corrected chi connectivity index (χ1v) is 9.45. The Hall–Kier alpha value is -3.52. The van der Waals surface area contributed by atoms with Crippen LogP contribution in [0.5, 0.6) is 5.75 Å². The summed E-state index contributed by atoms with van der Waals surface area (Å²) in [5.74, 6) is -3.29. The molecule has 1 heterocycles. The maximum absolute atomic E-state index is 14.3. The molecule has 160 valence electrons. The lowest BCUT2D eigenvalue weighted by Crippen LogP contribution is -2.31. The number of halogens is 3. The van der Waals surface area contributed by atoms with E-state index in [1.54, 1.807) is 24.3 Å². The van der Waals surface area contributed by atoms with E-state index in [0.29, 0.717) is 16.7 Å². The first kappa shape index (κ1) is 22.2. The van der Waals surface area contributed by atoms with Gasteiger partial charge in [-0.15, -0.1) is 0 Å². The highest BCUT2D eigenvalue weighted by Crippen LogP contribution is 2.31. The van der Waals surface area contributed by atoms with Gasteiger partial charge in [-0.3, -0.25) is 9.59 Å². The Kier molecular flexibility index (Phi) is 6.81. The summed E-state index contributed by atoms with van der Waals surface area (Å²) in [6.45, 7) is 0. The summed E-state index contributed by atoms with van der Waals surface area (Å²) in [6.07, 6.45) is -0.412. The second kappa shape index (κ2) is 9.53. The van der Waals surface area contributed by atoms with Crippen molar-refractivity contribution in [3.8, 4) is 17.0 Å². The van der Waals surface area contributed by atoms with Crippen molar-refractivity contribution in [2.24, 2.45) is 0 Å². The number of hydrogen-bond acceptors (Lipinski definition) is 4. The zero-order valence-corrected chi connectivity index (χ0v) is 17.0. The zero-order valence-electron chi connectivity index (χ0n) is 16.2. The molecule has 0 aliphatic carbocycles. The van der Waals surface area contributed by atoms with E-state index in [1.807, 2.05) is 0 Å². The van der Waals surface area contributed by atoms with Crippen molar-refractivity contribution in [3.63, 3.8) is 0 Å². The predicted octanol–water partition coefficient (Wildman–Crippen LogP) is 4.63. The lowest BCUT2D eigenvalue weighted by atomic mass is 10.0. The van der Waals surface area contributed by atoms with Crippen molar-refractivity contribution in [2.75, 3.05) is 7.11 Å². The normalized spacial score (nSPS) is 11.6. The molecule has 3 rings (SSSR count). The molecule has 31 heavy (non-hydrogen) atoms. The molecule has 0 aliphatic rings. The molecule has 9 heteroatoms. The van der Waals surface area contributed by atoms with Gasteiger partial charge in [-0.05, 0) is 35.9 Å². The topological polar surface area (TPSA) is 88.5 Å². The van der Waals surface area contributed by atoms with Crippen LogP contribution in [-0.2, 0) is 4.79 Å². The van der Waals surface area contributed by atoms with Crippen LogP contribution in [0.4, 0.5) is 8.78 Å². The van der Waals surface area contributed by atoms with E-state index in [1.165, 1.54) is 25.3 Å². The number of nitrogens with zero attached hydrogens (tertiary/aromatic N) is 1. The van der Waals surface area contributed by atoms with E-state index in [4.69, 9.17) is 16.3 Å². The van der Waals surface area contributed by atoms with E-state index in [2.05, 4.69) is 10.3 Å².